The predicted molar refractivity (Wildman–Crippen MR) is 64.1 cm³/mol. The van der Waals surface area contributed by atoms with Gasteiger partial charge in [-0.05, 0) is 12.1 Å². The number of aromatic nitrogens is 1. The molecule has 17 heavy (non-hydrogen) atoms. The molecule has 6 heteroatoms. The number of halogens is 1. The lowest BCUT2D eigenvalue weighted by molar-refractivity contribution is 0.0651. The Morgan fingerprint density at radius 1 is 1.53 bits per heavy atom. The molecule has 1 rings (SSSR count). The zero-order valence-corrected chi connectivity index (χ0v) is 10.4. The standard InChI is InChI=1S/C11H15ClN2O3/c1-17-7-5-14(4-6-15)11(16)10-3-2-9(12)8-13-10/h2-3,8,15H,4-7H2,1H3. The van der Waals surface area contributed by atoms with E-state index in [9.17, 15) is 4.79 Å². The highest BCUT2D eigenvalue weighted by Crippen LogP contribution is 2.08. The summed E-state index contributed by atoms with van der Waals surface area (Å²) in [4.78, 5) is 17.4. The zero-order valence-electron chi connectivity index (χ0n) is 9.60. The summed E-state index contributed by atoms with van der Waals surface area (Å²) >= 11 is 5.69. The molecule has 0 aromatic carbocycles. The topological polar surface area (TPSA) is 62.7 Å². The Hall–Kier alpha value is -1.17. The number of carbonyl (C=O) groups is 1. The first-order valence-corrected chi connectivity index (χ1v) is 5.57. The monoisotopic (exact) mass is 258 g/mol. The van der Waals surface area contributed by atoms with Crippen LogP contribution in [0.15, 0.2) is 18.3 Å². The largest absolute Gasteiger partial charge is 0.395 e. The van der Waals surface area contributed by atoms with Gasteiger partial charge < -0.3 is 14.7 Å². The first-order chi connectivity index (χ1) is 8.19. The molecule has 94 valence electrons. The molecular formula is C11H15ClN2O3. The molecule has 0 saturated carbocycles. The van der Waals surface area contributed by atoms with Gasteiger partial charge in [0.25, 0.3) is 5.91 Å². The van der Waals surface area contributed by atoms with Crippen LogP contribution >= 0.6 is 11.6 Å². The molecule has 1 N–H and O–H groups in total. The number of carbonyl (C=O) groups excluding carboxylic acids is 1. The summed E-state index contributed by atoms with van der Waals surface area (Å²) in [5, 5.41) is 9.38. The second-order valence-electron chi connectivity index (χ2n) is 3.37. The fourth-order valence-electron chi connectivity index (χ4n) is 1.30. The van der Waals surface area contributed by atoms with Crippen molar-refractivity contribution in [1.29, 1.82) is 0 Å². The number of rotatable bonds is 6. The van der Waals surface area contributed by atoms with Crippen molar-refractivity contribution in [2.24, 2.45) is 0 Å². The van der Waals surface area contributed by atoms with Crippen LogP contribution in [0.4, 0.5) is 0 Å². The number of amides is 1. The molecule has 0 aliphatic rings. The Bertz CT molecular complexity index is 356. The van der Waals surface area contributed by atoms with Crippen LogP contribution in [-0.4, -0.2) is 54.3 Å². The summed E-state index contributed by atoms with van der Waals surface area (Å²) < 4.78 is 4.91. The molecule has 1 heterocycles. The van der Waals surface area contributed by atoms with E-state index in [1.54, 1.807) is 19.2 Å². The number of nitrogens with zero attached hydrogens (tertiary/aromatic N) is 2. The van der Waals surface area contributed by atoms with E-state index in [-0.39, 0.29) is 19.1 Å². The van der Waals surface area contributed by atoms with Gasteiger partial charge in [-0.2, -0.15) is 0 Å². The van der Waals surface area contributed by atoms with Gasteiger partial charge in [-0.15, -0.1) is 0 Å². The molecule has 1 amide bonds. The van der Waals surface area contributed by atoms with Crippen LogP contribution in [0.25, 0.3) is 0 Å². The van der Waals surface area contributed by atoms with E-state index < -0.39 is 0 Å². The lowest BCUT2D eigenvalue weighted by atomic mass is 10.3. The maximum Gasteiger partial charge on any atom is 0.272 e. The molecule has 0 bridgehead atoms. The van der Waals surface area contributed by atoms with Crippen LogP contribution in [0, 0.1) is 0 Å². The van der Waals surface area contributed by atoms with Crippen molar-refractivity contribution >= 4 is 17.5 Å². The number of hydrogen-bond donors (Lipinski definition) is 1. The van der Waals surface area contributed by atoms with E-state index in [0.29, 0.717) is 23.9 Å². The van der Waals surface area contributed by atoms with Crippen molar-refractivity contribution in [1.82, 2.24) is 9.88 Å². The molecule has 0 aliphatic heterocycles. The molecule has 0 radical (unpaired) electrons. The molecule has 5 nitrogen and oxygen atoms in total. The molecule has 0 aliphatic carbocycles. The van der Waals surface area contributed by atoms with E-state index in [1.807, 2.05) is 0 Å². The minimum absolute atomic E-state index is 0.0942. The third kappa shape index (κ3) is 4.30. The van der Waals surface area contributed by atoms with Gasteiger partial charge in [0.1, 0.15) is 5.69 Å². The van der Waals surface area contributed by atoms with E-state index >= 15 is 0 Å². The smallest absolute Gasteiger partial charge is 0.272 e. The third-order valence-electron chi connectivity index (χ3n) is 2.17. The van der Waals surface area contributed by atoms with E-state index in [4.69, 9.17) is 21.4 Å². The van der Waals surface area contributed by atoms with Gasteiger partial charge in [0.15, 0.2) is 0 Å². The van der Waals surface area contributed by atoms with Crippen LogP contribution in [-0.2, 0) is 4.74 Å². The van der Waals surface area contributed by atoms with Crippen LogP contribution in [0.3, 0.4) is 0 Å². The number of methoxy groups -OCH3 is 1. The zero-order chi connectivity index (χ0) is 12.7. The maximum atomic E-state index is 12.0. The Balaban J connectivity index is 2.72. The van der Waals surface area contributed by atoms with Gasteiger partial charge in [0.2, 0.25) is 0 Å². The Morgan fingerprint density at radius 3 is 2.82 bits per heavy atom. The first kappa shape index (κ1) is 13.9. The van der Waals surface area contributed by atoms with Gasteiger partial charge in [-0.3, -0.25) is 4.79 Å². The number of aliphatic hydroxyl groups excluding tert-OH is 1. The summed E-state index contributed by atoms with van der Waals surface area (Å²) in [6, 6.07) is 3.16. The highest BCUT2D eigenvalue weighted by atomic mass is 35.5. The van der Waals surface area contributed by atoms with Crippen molar-refractivity contribution in [3.05, 3.63) is 29.0 Å². The van der Waals surface area contributed by atoms with Crippen molar-refractivity contribution in [2.45, 2.75) is 0 Å². The highest BCUT2D eigenvalue weighted by Gasteiger charge is 2.15. The Morgan fingerprint density at radius 2 is 2.29 bits per heavy atom. The van der Waals surface area contributed by atoms with E-state index in [1.165, 1.54) is 11.1 Å². The molecule has 0 saturated heterocycles. The van der Waals surface area contributed by atoms with Gasteiger partial charge in [-0.25, -0.2) is 4.98 Å². The van der Waals surface area contributed by atoms with Gasteiger partial charge in [0.05, 0.1) is 18.2 Å². The van der Waals surface area contributed by atoms with Crippen LogP contribution < -0.4 is 0 Å². The SMILES string of the molecule is COCCN(CCO)C(=O)c1ccc(Cl)cn1. The Kier molecular flexibility index (Phi) is 5.90. The van der Waals surface area contributed by atoms with Crippen molar-refractivity contribution in [2.75, 3.05) is 33.4 Å². The number of ether oxygens (including phenoxy) is 1. The molecular weight excluding hydrogens is 244 g/mol. The van der Waals surface area contributed by atoms with E-state index in [2.05, 4.69) is 4.98 Å². The average molecular weight is 259 g/mol. The summed E-state index contributed by atoms with van der Waals surface area (Å²) in [7, 11) is 1.56. The summed E-state index contributed by atoms with van der Waals surface area (Å²) in [6.45, 7) is 0.995. The van der Waals surface area contributed by atoms with Crippen molar-refractivity contribution in [3.63, 3.8) is 0 Å². The molecule has 0 spiro atoms. The van der Waals surface area contributed by atoms with Crippen molar-refractivity contribution in [3.8, 4) is 0 Å². The van der Waals surface area contributed by atoms with E-state index in [0.717, 1.165) is 0 Å². The van der Waals surface area contributed by atoms with Crippen LogP contribution in [0.5, 0.6) is 0 Å². The number of pyridine rings is 1. The number of hydrogen-bond acceptors (Lipinski definition) is 4. The second kappa shape index (κ2) is 7.21. The quantitative estimate of drug-likeness (QED) is 0.821. The summed E-state index contributed by atoms with van der Waals surface area (Å²) in [5.41, 5.74) is 0.305. The first-order valence-electron chi connectivity index (χ1n) is 5.19. The van der Waals surface area contributed by atoms with Gasteiger partial charge >= 0.3 is 0 Å². The average Bonchev–Trinajstić information content (AvgIpc) is 2.34. The molecule has 1 aromatic heterocycles. The van der Waals surface area contributed by atoms with Gasteiger partial charge in [0, 0.05) is 26.4 Å². The third-order valence-corrected chi connectivity index (χ3v) is 2.39. The number of aliphatic hydroxyl groups is 1. The normalized spacial score (nSPS) is 10.3. The lowest BCUT2D eigenvalue weighted by Gasteiger charge is -2.20. The lowest BCUT2D eigenvalue weighted by Crippen LogP contribution is -2.36. The van der Waals surface area contributed by atoms with Crippen LogP contribution in [0.2, 0.25) is 5.02 Å². The predicted octanol–water partition coefficient (Wildman–Crippen LogP) is 0.816. The maximum absolute atomic E-state index is 12.0. The molecule has 0 atom stereocenters. The Labute approximate surface area is 105 Å². The fourth-order valence-corrected chi connectivity index (χ4v) is 1.41. The highest BCUT2D eigenvalue weighted by molar-refractivity contribution is 6.30. The minimum atomic E-state index is -0.243. The van der Waals surface area contributed by atoms with Crippen LogP contribution in [0.1, 0.15) is 10.5 Å². The summed E-state index contributed by atoms with van der Waals surface area (Å²) in [5.74, 6) is -0.243. The molecule has 1 aromatic rings. The second-order valence-corrected chi connectivity index (χ2v) is 3.81. The molecule has 0 unspecified atom stereocenters. The van der Waals surface area contributed by atoms with Crippen molar-refractivity contribution < 1.29 is 14.6 Å². The summed E-state index contributed by atoms with van der Waals surface area (Å²) in [6.07, 6.45) is 1.42. The minimum Gasteiger partial charge on any atom is -0.395 e. The van der Waals surface area contributed by atoms with Gasteiger partial charge in [-0.1, -0.05) is 11.6 Å². The molecule has 0 fully saturated rings. The fraction of sp³-hybridized carbons (Fsp3) is 0.455.